The third kappa shape index (κ3) is 1.71. The smallest absolute Gasteiger partial charge is 0.276 e. The average molecular weight is 196 g/mol. The summed E-state index contributed by atoms with van der Waals surface area (Å²) in [5.41, 5.74) is 7.38. The van der Waals surface area contributed by atoms with E-state index in [-0.39, 0.29) is 5.91 Å². The highest BCUT2D eigenvalue weighted by atomic mass is 16.2. The van der Waals surface area contributed by atoms with Crippen LogP contribution in [0.25, 0.3) is 0 Å². The summed E-state index contributed by atoms with van der Waals surface area (Å²) < 4.78 is 0. The van der Waals surface area contributed by atoms with Crippen LogP contribution in [0.15, 0.2) is 0 Å². The molecule has 0 radical (unpaired) electrons. The Morgan fingerprint density at radius 2 is 2.21 bits per heavy atom. The molecule has 1 rings (SSSR count). The molecule has 0 aliphatic carbocycles. The van der Waals surface area contributed by atoms with E-state index in [1.54, 1.807) is 11.9 Å². The molecule has 0 aliphatic rings. The number of carbonyl (C=O) groups is 1. The maximum absolute atomic E-state index is 11.7. The fourth-order valence-electron chi connectivity index (χ4n) is 1.14. The minimum atomic E-state index is -0.138. The molecule has 1 amide bonds. The number of nitrogens with one attached hydrogen (secondary N) is 1. The number of amides is 1. The summed E-state index contributed by atoms with van der Waals surface area (Å²) in [6, 6.07) is 0. The van der Waals surface area contributed by atoms with Crippen LogP contribution in [0.3, 0.4) is 0 Å². The van der Waals surface area contributed by atoms with Gasteiger partial charge in [-0.15, -0.1) is 0 Å². The van der Waals surface area contributed by atoms with Crippen LogP contribution < -0.4 is 5.73 Å². The third-order valence-corrected chi connectivity index (χ3v) is 2.26. The number of aromatic nitrogens is 2. The van der Waals surface area contributed by atoms with Crippen LogP contribution in [0.1, 0.15) is 30.0 Å². The number of rotatable bonds is 3. The van der Waals surface area contributed by atoms with Gasteiger partial charge >= 0.3 is 0 Å². The van der Waals surface area contributed by atoms with Crippen molar-refractivity contribution >= 4 is 11.6 Å². The second-order valence-electron chi connectivity index (χ2n) is 3.14. The number of aryl methyl sites for hydroxylation is 1. The van der Waals surface area contributed by atoms with Crippen molar-refractivity contribution in [2.75, 3.05) is 19.3 Å². The molecule has 0 saturated carbocycles. The van der Waals surface area contributed by atoms with Gasteiger partial charge in [0.1, 0.15) is 0 Å². The number of nitrogen functional groups attached to an aromatic ring is 1. The summed E-state index contributed by atoms with van der Waals surface area (Å²) >= 11 is 0. The molecule has 5 heteroatoms. The number of carbonyl (C=O) groups excluding carboxylic acids is 1. The largest absolute Gasteiger partial charge is 0.395 e. The summed E-state index contributed by atoms with van der Waals surface area (Å²) in [7, 11) is 1.72. The van der Waals surface area contributed by atoms with Crippen molar-refractivity contribution in [3.8, 4) is 0 Å². The van der Waals surface area contributed by atoms with Crippen molar-refractivity contribution < 1.29 is 4.79 Å². The van der Waals surface area contributed by atoms with E-state index in [4.69, 9.17) is 5.73 Å². The van der Waals surface area contributed by atoms with E-state index in [0.29, 0.717) is 17.9 Å². The number of aromatic amines is 1. The molecule has 14 heavy (non-hydrogen) atoms. The standard InChI is InChI=1S/C9H16N4O/c1-4-6-7(10)8(12-11-6)9(14)13(3)5-2/h4-5,10H2,1-3H3,(H,11,12). The van der Waals surface area contributed by atoms with Gasteiger partial charge < -0.3 is 10.6 Å². The lowest BCUT2D eigenvalue weighted by molar-refractivity contribution is 0.0797. The average Bonchev–Trinajstić information content (AvgIpc) is 2.57. The Kier molecular flexibility index (Phi) is 3.11. The van der Waals surface area contributed by atoms with Gasteiger partial charge in [0.2, 0.25) is 0 Å². The van der Waals surface area contributed by atoms with E-state index < -0.39 is 0 Å². The first kappa shape index (κ1) is 10.6. The highest BCUT2D eigenvalue weighted by molar-refractivity contribution is 5.97. The molecular formula is C9H16N4O. The van der Waals surface area contributed by atoms with Gasteiger partial charge in [0.05, 0.1) is 11.4 Å². The van der Waals surface area contributed by atoms with Crippen LogP contribution in [0.4, 0.5) is 5.69 Å². The zero-order chi connectivity index (χ0) is 10.7. The van der Waals surface area contributed by atoms with E-state index in [9.17, 15) is 4.79 Å². The molecule has 1 aromatic heterocycles. The van der Waals surface area contributed by atoms with Crippen LogP contribution >= 0.6 is 0 Å². The van der Waals surface area contributed by atoms with Gasteiger partial charge in [0.15, 0.2) is 5.69 Å². The minimum absolute atomic E-state index is 0.138. The maximum atomic E-state index is 11.7. The first-order valence-electron chi connectivity index (χ1n) is 4.69. The maximum Gasteiger partial charge on any atom is 0.276 e. The Bertz CT molecular complexity index is 332. The van der Waals surface area contributed by atoms with Gasteiger partial charge in [0.25, 0.3) is 5.91 Å². The highest BCUT2D eigenvalue weighted by Crippen LogP contribution is 2.15. The van der Waals surface area contributed by atoms with Crippen molar-refractivity contribution in [3.05, 3.63) is 11.4 Å². The monoisotopic (exact) mass is 196 g/mol. The summed E-state index contributed by atoms with van der Waals surface area (Å²) in [6.45, 7) is 4.51. The molecule has 0 spiro atoms. The lowest BCUT2D eigenvalue weighted by Crippen LogP contribution is -2.27. The van der Waals surface area contributed by atoms with E-state index in [1.165, 1.54) is 0 Å². The zero-order valence-corrected chi connectivity index (χ0v) is 8.79. The van der Waals surface area contributed by atoms with Gasteiger partial charge in [-0.2, -0.15) is 5.10 Å². The highest BCUT2D eigenvalue weighted by Gasteiger charge is 2.18. The molecule has 0 bridgehead atoms. The Hall–Kier alpha value is -1.52. The first-order valence-corrected chi connectivity index (χ1v) is 4.69. The molecule has 1 heterocycles. The van der Waals surface area contributed by atoms with Gasteiger partial charge in [0, 0.05) is 13.6 Å². The van der Waals surface area contributed by atoms with Crippen LogP contribution in [-0.4, -0.2) is 34.6 Å². The lowest BCUT2D eigenvalue weighted by Gasteiger charge is -2.12. The van der Waals surface area contributed by atoms with Crippen LogP contribution in [-0.2, 0) is 6.42 Å². The van der Waals surface area contributed by atoms with Crippen molar-refractivity contribution in [2.45, 2.75) is 20.3 Å². The number of anilines is 1. The zero-order valence-electron chi connectivity index (χ0n) is 8.79. The topological polar surface area (TPSA) is 75.0 Å². The quantitative estimate of drug-likeness (QED) is 0.745. The third-order valence-electron chi connectivity index (χ3n) is 2.26. The number of nitrogens with zero attached hydrogens (tertiary/aromatic N) is 2. The van der Waals surface area contributed by atoms with Crippen molar-refractivity contribution in [3.63, 3.8) is 0 Å². The molecule has 0 atom stereocenters. The van der Waals surface area contributed by atoms with Gasteiger partial charge in [-0.1, -0.05) is 6.92 Å². The van der Waals surface area contributed by atoms with Gasteiger partial charge in [-0.3, -0.25) is 9.89 Å². The Balaban J connectivity index is 2.96. The predicted molar refractivity (Wildman–Crippen MR) is 55.0 cm³/mol. The summed E-state index contributed by atoms with van der Waals surface area (Å²) in [6.07, 6.45) is 0.752. The number of hydrogen-bond acceptors (Lipinski definition) is 3. The fourth-order valence-corrected chi connectivity index (χ4v) is 1.14. The number of hydrogen-bond donors (Lipinski definition) is 2. The van der Waals surface area contributed by atoms with E-state index in [1.807, 2.05) is 13.8 Å². The molecule has 0 unspecified atom stereocenters. The van der Waals surface area contributed by atoms with Crippen molar-refractivity contribution in [1.29, 1.82) is 0 Å². The number of H-pyrrole nitrogens is 1. The minimum Gasteiger partial charge on any atom is -0.395 e. The number of nitrogens with two attached hydrogens (primary N) is 1. The molecule has 0 aliphatic heterocycles. The van der Waals surface area contributed by atoms with Crippen LogP contribution in [0.5, 0.6) is 0 Å². The molecule has 5 nitrogen and oxygen atoms in total. The Morgan fingerprint density at radius 1 is 1.57 bits per heavy atom. The summed E-state index contributed by atoms with van der Waals surface area (Å²) in [5, 5.41) is 6.68. The lowest BCUT2D eigenvalue weighted by atomic mass is 10.2. The molecule has 0 fully saturated rings. The molecule has 0 aromatic carbocycles. The van der Waals surface area contributed by atoms with E-state index in [2.05, 4.69) is 10.2 Å². The normalized spacial score (nSPS) is 10.2. The Labute approximate surface area is 83.3 Å². The van der Waals surface area contributed by atoms with Gasteiger partial charge in [-0.05, 0) is 13.3 Å². The Morgan fingerprint density at radius 3 is 2.64 bits per heavy atom. The van der Waals surface area contributed by atoms with Crippen molar-refractivity contribution in [2.24, 2.45) is 0 Å². The first-order chi connectivity index (χ1) is 6.61. The van der Waals surface area contributed by atoms with Crippen LogP contribution in [0, 0.1) is 0 Å². The fraction of sp³-hybridized carbons (Fsp3) is 0.556. The predicted octanol–water partition coefficient (Wildman–Crippen LogP) is 0.646. The molecule has 78 valence electrons. The summed E-state index contributed by atoms with van der Waals surface area (Å²) in [5.74, 6) is -0.138. The van der Waals surface area contributed by atoms with E-state index >= 15 is 0 Å². The second kappa shape index (κ2) is 4.13. The molecule has 0 saturated heterocycles. The second-order valence-corrected chi connectivity index (χ2v) is 3.14. The molecule has 3 N–H and O–H groups in total. The van der Waals surface area contributed by atoms with Crippen molar-refractivity contribution in [1.82, 2.24) is 15.1 Å². The molecular weight excluding hydrogens is 180 g/mol. The van der Waals surface area contributed by atoms with Gasteiger partial charge in [-0.25, -0.2) is 0 Å². The van der Waals surface area contributed by atoms with E-state index in [0.717, 1.165) is 12.1 Å². The molecule has 1 aromatic rings. The SMILES string of the molecule is CCc1[nH]nc(C(=O)N(C)CC)c1N. The summed E-state index contributed by atoms with van der Waals surface area (Å²) in [4.78, 5) is 13.3. The van der Waals surface area contributed by atoms with Crippen LogP contribution in [0.2, 0.25) is 0 Å².